The highest BCUT2D eigenvalue weighted by Gasteiger charge is 2.31. The van der Waals surface area contributed by atoms with Crippen LogP contribution in [0.2, 0.25) is 5.02 Å². The van der Waals surface area contributed by atoms with Crippen LogP contribution in [0.3, 0.4) is 0 Å². The fourth-order valence-corrected chi connectivity index (χ4v) is 6.97. The summed E-state index contributed by atoms with van der Waals surface area (Å²) in [5.74, 6) is -0.602. The predicted molar refractivity (Wildman–Crippen MR) is 152 cm³/mol. The van der Waals surface area contributed by atoms with Gasteiger partial charge in [0.2, 0.25) is 10.0 Å². The third-order valence-electron chi connectivity index (χ3n) is 6.73. The fourth-order valence-electron chi connectivity index (χ4n) is 4.96. The van der Waals surface area contributed by atoms with Gasteiger partial charge < -0.3 is 19.7 Å². The lowest BCUT2D eigenvalue weighted by Gasteiger charge is -2.25. The molecular formula is C28H40ClF2N3O5S. The Labute approximate surface area is 240 Å². The number of sulfonamides is 1. The van der Waals surface area contributed by atoms with E-state index in [1.54, 1.807) is 47.6 Å². The zero-order chi connectivity index (χ0) is 30.0. The number of nitrogens with one attached hydrogen (secondary N) is 2. The summed E-state index contributed by atoms with van der Waals surface area (Å²) in [4.78, 5) is 12.8. The third-order valence-corrected chi connectivity index (χ3v) is 9.02. The second-order valence-electron chi connectivity index (χ2n) is 12.1. The third kappa shape index (κ3) is 8.18. The molecule has 3 rings (SSSR count). The molecule has 2 aromatic rings. The van der Waals surface area contributed by atoms with Crippen molar-refractivity contribution in [2.24, 2.45) is 5.92 Å². The number of halogens is 3. The van der Waals surface area contributed by atoms with Crippen LogP contribution in [0, 0.1) is 12.8 Å². The number of amides is 1. The first-order valence-corrected chi connectivity index (χ1v) is 15.3. The van der Waals surface area contributed by atoms with Crippen LogP contribution in [0.15, 0.2) is 23.1 Å². The van der Waals surface area contributed by atoms with E-state index in [0.29, 0.717) is 29.4 Å². The Hall–Kier alpha value is -2.21. The molecule has 0 spiro atoms. The van der Waals surface area contributed by atoms with Crippen LogP contribution in [0.1, 0.15) is 82.8 Å². The number of hydrogen-bond donors (Lipinski definition) is 3. The van der Waals surface area contributed by atoms with E-state index in [1.165, 1.54) is 12.1 Å². The SMILES string of the molecule is Cc1c(C(=O)NCC(C)(C)O)cc(-c2ccc(S(=O)(=O)NC(C)(C)C)c(Cl)c2OC(F)F)n1CC1CCCCC1. The molecule has 1 amide bonds. The quantitative estimate of drug-likeness (QED) is 0.314. The van der Waals surface area contributed by atoms with E-state index in [1.807, 2.05) is 4.57 Å². The van der Waals surface area contributed by atoms with Crippen LogP contribution < -0.4 is 14.8 Å². The number of carbonyl (C=O) groups is 1. The van der Waals surface area contributed by atoms with Crippen molar-refractivity contribution in [1.82, 2.24) is 14.6 Å². The van der Waals surface area contributed by atoms with Crippen molar-refractivity contribution in [1.29, 1.82) is 0 Å². The summed E-state index contributed by atoms with van der Waals surface area (Å²) in [6.07, 6.45) is 5.30. The standard InChI is InChI=1S/C28H40ClF2N3O5S/c1-17-20(25(35)32-16-28(5,6)36)14-21(34(17)15-18-10-8-7-9-11-18)19-12-13-22(23(29)24(19)39-26(30)31)40(37,38)33-27(2,3)4/h12-14,18,26,33,36H,7-11,15-16H2,1-6H3,(H,32,35). The van der Waals surface area contributed by atoms with Gasteiger partial charge in [-0.2, -0.15) is 8.78 Å². The van der Waals surface area contributed by atoms with Crippen molar-refractivity contribution in [3.63, 3.8) is 0 Å². The zero-order valence-electron chi connectivity index (χ0n) is 23.9. The molecule has 1 heterocycles. The average molecular weight is 604 g/mol. The average Bonchev–Trinajstić information content (AvgIpc) is 3.13. The molecule has 1 aromatic carbocycles. The Balaban J connectivity index is 2.19. The molecule has 0 radical (unpaired) electrons. The highest BCUT2D eigenvalue weighted by atomic mass is 35.5. The fraction of sp³-hybridized carbons (Fsp3) is 0.607. The minimum Gasteiger partial charge on any atom is -0.432 e. The number of ether oxygens (including phenoxy) is 1. The maximum atomic E-state index is 13.7. The molecule has 1 saturated carbocycles. The summed E-state index contributed by atoms with van der Waals surface area (Å²) in [6.45, 7) is 7.12. The number of nitrogens with zero attached hydrogens (tertiary/aromatic N) is 1. The van der Waals surface area contributed by atoms with Crippen LogP contribution in [0.5, 0.6) is 5.75 Å². The first-order valence-electron chi connectivity index (χ1n) is 13.4. The molecule has 0 aliphatic heterocycles. The van der Waals surface area contributed by atoms with Crippen LogP contribution >= 0.6 is 11.6 Å². The van der Waals surface area contributed by atoms with Crippen molar-refractivity contribution in [2.45, 2.75) is 103 Å². The molecule has 40 heavy (non-hydrogen) atoms. The Morgan fingerprint density at radius 2 is 1.80 bits per heavy atom. The van der Waals surface area contributed by atoms with E-state index in [2.05, 4.69) is 10.0 Å². The monoisotopic (exact) mass is 603 g/mol. The van der Waals surface area contributed by atoms with E-state index >= 15 is 0 Å². The van der Waals surface area contributed by atoms with Gasteiger partial charge in [-0.05, 0) is 78.5 Å². The van der Waals surface area contributed by atoms with Crippen LogP contribution in [0.25, 0.3) is 11.3 Å². The smallest absolute Gasteiger partial charge is 0.387 e. The maximum Gasteiger partial charge on any atom is 0.387 e. The van der Waals surface area contributed by atoms with Gasteiger partial charge in [0.05, 0.1) is 16.9 Å². The number of hydrogen-bond acceptors (Lipinski definition) is 5. The highest BCUT2D eigenvalue weighted by molar-refractivity contribution is 7.89. The number of alkyl halides is 2. The summed E-state index contributed by atoms with van der Waals surface area (Å²) in [6, 6.07) is 4.21. The topological polar surface area (TPSA) is 110 Å². The summed E-state index contributed by atoms with van der Waals surface area (Å²) < 4.78 is 62.6. The number of rotatable bonds is 10. The minimum absolute atomic E-state index is 0.00726. The minimum atomic E-state index is -4.18. The van der Waals surface area contributed by atoms with Crippen molar-refractivity contribution in [3.8, 4) is 17.0 Å². The largest absolute Gasteiger partial charge is 0.432 e. The van der Waals surface area contributed by atoms with E-state index in [-0.39, 0.29) is 12.1 Å². The first kappa shape index (κ1) is 32.3. The molecule has 1 aliphatic rings. The molecule has 0 saturated heterocycles. The van der Waals surface area contributed by atoms with Gasteiger partial charge in [-0.15, -0.1) is 0 Å². The van der Waals surface area contributed by atoms with Gasteiger partial charge in [0.1, 0.15) is 9.92 Å². The Bertz CT molecular complexity index is 1320. The number of benzene rings is 1. The van der Waals surface area contributed by atoms with Crippen molar-refractivity contribution in [2.75, 3.05) is 6.54 Å². The van der Waals surface area contributed by atoms with Gasteiger partial charge >= 0.3 is 6.61 Å². The molecule has 8 nitrogen and oxygen atoms in total. The van der Waals surface area contributed by atoms with E-state index in [0.717, 1.165) is 32.1 Å². The highest BCUT2D eigenvalue weighted by Crippen LogP contribution is 2.43. The lowest BCUT2D eigenvalue weighted by molar-refractivity contribution is -0.0495. The molecule has 12 heteroatoms. The lowest BCUT2D eigenvalue weighted by Crippen LogP contribution is -2.40. The molecular weight excluding hydrogens is 564 g/mol. The van der Waals surface area contributed by atoms with E-state index in [4.69, 9.17) is 16.3 Å². The zero-order valence-corrected chi connectivity index (χ0v) is 25.5. The van der Waals surface area contributed by atoms with Crippen LogP contribution in [-0.4, -0.2) is 48.3 Å². The molecule has 224 valence electrons. The molecule has 1 aliphatic carbocycles. The molecule has 1 aromatic heterocycles. The summed E-state index contributed by atoms with van der Waals surface area (Å²) in [5, 5.41) is 12.3. The predicted octanol–water partition coefficient (Wildman–Crippen LogP) is 5.88. The van der Waals surface area contributed by atoms with Gasteiger partial charge in [0.15, 0.2) is 5.75 Å². The van der Waals surface area contributed by atoms with Gasteiger partial charge in [-0.3, -0.25) is 4.79 Å². The Morgan fingerprint density at radius 1 is 1.18 bits per heavy atom. The Morgan fingerprint density at radius 3 is 2.35 bits per heavy atom. The summed E-state index contributed by atoms with van der Waals surface area (Å²) in [5.41, 5.74) is -0.519. The van der Waals surface area contributed by atoms with Gasteiger partial charge in [-0.1, -0.05) is 30.9 Å². The second kappa shape index (κ2) is 12.3. The second-order valence-corrected chi connectivity index (χ2v) is 14.2. The molecule has 1 fully saturated rings. The van der Waals surface area contributed by atoms with Crippen molar-refractivity contribution >= 4 is 27.5 Å². The summed E-state index contributed by atoms with van der Waals surface area (Å²) in [7, 11) is -4.18. The van der Waals surface area contributed by atoms with E-state index in [9.17, 15) is 27.1 Å². The lowest BCUT2D eigenvalue weighted by atomic mass is 9.89. The number of carbonyl (C=O) groups excluding carboxylic acids is 1. The number of aromatic nitrogens is 1. The summed E-state index contributed by atoms with van der Waals surface area (Å²) >= 11 is 6.48. The molecule has 0 bridgehead atoms. The first-order chi connectivity index (χ1) is 18.4. The molecule has 0 atom stereocenters. The Kier molecular flexibility index (Phi) is 9.97. The van der Waals surface area contributed by atoms with Crippen LogP contribution in [-0.2, 0) is 16.6 Å². The van der Waals surface area contributed by atoms with E-state index < -0.39 is 49.3 Å². The van der Waals surface area contributed by atoms with Crippen LogP contribution in [0.4, 0.5) is 8.78 Å². The number of aliphatic hydroxyl groups is 1. The van der Waals surface area contributed by atoms with Crippen molar-refractivity contribution < 1.29 is 31.8 Å². The van der Waals surface area contributed by atoms with Gasteiger partial charge in [-0.25, -0.2) is 13.1 Å². The van der Waals surface area contributed by atoms with Gasteiger partial charge in [0, 0.05) is 29.9 Å². The van der Waals surface area contributed by atoms with Gasteiger partial charge in [0.25, 0.3) is 5.91 Å². The molecule has 0 unspecified atom stereocenters. The normalized spacial score (nSPS) is 15.5. The molecule has 3 N–H and O–H groups in total. The van der Waals surface area contributed by atoms with Crippen molar-refractivity contribution in [3.05, 3.63) is 34.5 Å². The maximum absolute atomic E-state index is 13.7.